The first-order chi connectivity index (χ1) is 5.22. The summed E-state index contributed by atoms with van der Waals surface area (Å²) in [6.45, 7) is 2.02. The van der Waals surface area contributed by atoms with Crippen molar-refractivity contribution < 1.29 is 18.9 Å². The van der Waals surface area contributed by atoms with Crippen LogP contribution in [0.2, 0.25) is 0 Å². The van der Waals surface area contributed by atoms with Gasteiger partial charge in [-0.25, -0.2) is 0 Å². The van der Waals surface area contributed by atoms with E-state index in [4.69, 9.17) is 17.0 Å². The van der Waals surface area contributed by atoms with Gasteiger partial charge in [-0.1, -0.05) is 0 Å². The van der Waals surface area contributed by atoms with Gasteiger partial charge in [-0.3, -0.25) is 0 Å². The van der Waals surface area contributed by atoms with E-state index in [0.717, 1.165) is 0 Å². The molecule has 1 aromatic carbocycles. The van der Waals surface area contributed by atoms with Crippen LogP contribution in [-0.4, -0.2) is 3.21 Å². The van der Waals surface area contributed by atoms with Crippen molar-refractivity contribution in [1.29, 1.82) is 0 Å². The second kappa shape index (κ2) is 4.55. The molecule has 0 nitrogen and oxygen atoms in total. The fourth-order valence-electron chi connectivity index (χ4n) is 0.797. The van der Waals surface area contributed by atoms with Gasteiger partial charge in [0, 0.05) is 0 Å². The Hall–Kier alpha value is 0.553. The van der Waals surface area contributed by atoms with E-state index in [9.17, 15) is 0 Å². The summed E-state index contributed by atoms with van der Waals surface area (Å²) in [5.74, 6) is 0. The quantitative estimate of drug-likeness (QED) is 0.732. The average Bonchev–Trinajstić information content (AvgIpc) is 2.05. The van der Waals surface area contributed by atoms with Gasteiger partial charge in [0.1, 0.15) is 0 Å². The molecule has 0 saturated heterocycles. The molecule has 0 amide bonds. The third-order valence-electron chi connectivity index (χ3n) is 1.49. The average molecular weight is 266 g/mol. The summed E-state index contributed by atoms with van der Waals surface area (Å²) in [5.41, 5.74) is 1.19. The van der Waals surface area contributed by atoms with Gasteiger partial charge < -0.3 is 0 Å². The minimum absolute atomic E-state index is 1.19. The molecule has 0 aliphatic carbocycles. The van der Waals surface area contributed by atoms with Gasteiger partial charge in [0.05, 0.1) is 0 Å². The van der Waals surface area contributed by atoms with Crippen LogP contribution in [0.3, 0.4) is 0 Å². The fourth-order valence-corrected chi connectivity index (χ4v) is 3.03. The first kappa shape index (κ1) is 9.64. The monoisotopic (exact) mass is 264 g/mol. The molecular formula is C8H8Cl2Zr. The number of hydrogen-bond acceptors (Lipinski definition) is 0. The molecule has 1 aromatic rings. The summed E-state index contributed by atoms with van der Waals surface area (Å²) < 4.78 is 1.19. The molecule has 0 bridgehead atoms. The Balaban J connectivity index is 3.04. The van der Waals surface area contributed by atoms with E-state index in [-0.39, 0.29) is 0 Å². The topological polar surface area (TPSA) is 0 Å². The number of hydrogen-bond donors (Lipinski definition) is 0. The molecule has 0 spiro atoms. The van der Waals surface area contributed by atoms with Crippen LogP contribution in [0.5, 0.6) is 0 Å². The third-order valence-corrected chi connectivity index (χ3v) is 6.95. The van der Waals surface area contributed by atoms with E-state index >= 15 is 0 Å². The Morgan fingerprint density at radius 1 is 1.18 bits per heavy atom. The Morgan fingerprint density at radius 3 is 2.18 bits per heavy atom. The molecule has 1 rings (SSSR count). The molecule has 0 aromatic heterocycles. The van der Waals surface area contributed by atoms with E-state index in [0.29, 0.717) is 0 Å². The maximum absolute atomic E-state index is 5.89. The van der Waals surface area contributed by atoms with Crippen LogP contribution >= 0.6 is 17.0 Å². The SMILES string of the molecule is C[C](c1ccccc1)=[Zr]([Cl])[Cl]. The maximum atomic E-state index is 5.89. The van der Waals surface area contributed by atoms with E-state index in [1.165, 1.54) is 8.77 Å². The summed E-state index contributed by atoms with van der Waals surface area (Å²) in [4.78, 5) is 0. The first-order valence-corrected chi connectivity index (χ1v) is 10.8. The molecule has 0 heterocycles. The second-order valence-electron chi connectivity index (χ2n) is 2.25. The van der Waals surface area contributed by atoms with E-state index in [1.807, 2.05) is 37.3 Å². The third kappa shape index (κ3) is 2.82. The van der Waals surface area contributed by atoms with Crippen LogP contribution in [0.4, 0.5) is 0 Å². The molecule has 0 aliphatic heterocycles. The predicted molar refractivity (Wildman–Crippen MR) is 47.9 cm³/mol. The second-order valence-corrected chi connectivity index (χ2v) is 11.0. The molecule has 0 radical (unpaired) electrons. The molecule has 0 unspecified atom stereocenters. The van der Waals surface area contributed by atoms with Crippen LogP contribution < -0.4 is 0 Å². The zero-order valence-corrected chi connectivity index (χ0v) is 10.1. The zero-order valence-electron chi connectivity index (χ0n) is 6.14. The summed E-state index contributed by atoms with van der Waals surface area (Å²) >= 11 is -2.14. The molecule has 0 aliphatic rings. The van der Waals surface area contributed by atoms with Gasteiger partial charge in [0.25, 0.3) is 0 Å². The Morgan fingerprint density at radius 2 is 1.73 bits per heavy atom. The predicted octanol–water partition coefficient (Wildman–Crippen LogP) is 3.15. The van der Waals surface area contributed by atoms with Crippen molar-refractivity contribution >= 4 is 20.2 Å². The number of halogens is 2. The normalized spacial score (nSPS) is 9.36. The Kier molecular flexibility index (Phi) is 3.99. The van der Waals surface area contributed by atoms with E-state index in [2.05, 4.69) is 0 Å². The van der Waals surface area contributed by atoms with Crippen molar-refractivity contribution in [3.05, 3.63) is 35.9 Å². The van der Waals surface area contributed by atoms with Crippen molar-refractivity contribution in [3.8, 4) is 0 Å². The summed E-state index contributed by atoms with van der Waals surface area (Å²) in [6, 6.07) is 10.1. The van der Waals surface area contributed by atoms with Gasteiger partial charge in [-0.05, 0) is 0 Å². The van der Waals surface area contributed by atoms with E-state index in [1.54, 1.807) is 0 Å². The molecule has 0 atom stereocenters. The van der Waals surface area contributed by atoms with Gasteiger partial charge in [-0.15, -0.1) is 0 Å². The molecule has 11 heavy (non-hydrogen) atoms. The number of rotatable bonds is 1. The van der Waals surface area contributed by atoms with Gasteiger partial charge >= 0.3 is 81.9 Å². The molecular weight excluding hydrogens is 258 g/mol. The minimum atomic E-state index is -2.14. The van der Waals surface area contributed by atoms with Crippen molar-refractivity contribution in [2.75, 3.05) is 0 Å². The fraction of sp³-hybridized carbons (Fsp3) is 0.125. The standard InChI is InChI=1S/C8H8.2ClH.Zr/c1-2-8-6-4-3-5-7-8;;;/h3-7H,1H3;2*1H;/q;;;+2/p-2. The molecule has 0 saturated carbocycles. The zero-order chi connectivity index (χ0) is 8.27. The summed E-state index contributed by atoms with van der Waals surface area (Å²) in [6.07, 6.45) is 0. The molecule has 0 fully saturated rings. The molecule has 0 N–H and O–H groups in total. The van der Waals surface area contributed by atoms with Crippen LogP contribution in [0.15, 0.2) is 30.3 Å². The van der Waals surface area contributed by atoms with Crippen LogP contribution in [0.1, 0.15) is 12.5 Å². The Labute approximate surface area is 81.4 Å². The van der Waals surface area contributed by atoms with Crippen molar-refractivity contribution in [2.24, 2.45) is 0 Å². The van der Waals surface area contributed by atoms with E-state index < -0.39 is 18.9 Å². The van der Waals surface area contributed by atoms with Crippen LogP contribution in [0.25, 0.3) is 0 Å². The first-order valence-electron chi connectivity index (χ1n) is 3.29. The van der Waals surface area contributed by atoms with Crippen LogP contribution in [0, 0.1) is 0 Å². The van der Waals surface area contributed by atoms with Crippen LogP contribution in [-0.2, 0) is 18.9 Å². The van der Waals surface area contributed by atoms with Gasteiger partial charge in [-0.2, -0.15) is 0 Å². The van der Waals surface area contributed by atoms with Gasteiger partial charge in [0.2, 0.25) is 0 Å². The summed E-state index contributed by atoms with van der Waals surface area (Å²) in [5, 5.41) is 0. The molecule has 3 heteroatoms. The van der Waals surface area contributed by atoms with Gasteiger partial charge in [0.15, 0.2) is 0 Å². The van der Waals surface area contributed by atoms with Crippen molar-refractivity contribution in [1.82, 2.24) is 0 Å². The van der Waals surface area contributed by atoms with Crippen molar-refractivity contribution in [2.45, 2.75) is 6.92 Å². The number of benzene rings is 1. The van der Waals surface area contributed by atoms with Crippen molar-refractivity contribution in [3.63, 3.8) is 0 Å². The summed E-state index contributed by atoms with van der Waals surface area (Å²) in [7, 11) is 11.8. The molecule has 58 valence electrons. The Bertz CT molecular complexity index is 263.